The number of hydrogen-bond acceptors (Lipinski definition) is 5. The number of aliphatic hydroxyl groups excluding tert-OH is 1. The summed E-state index contributed by atoms with van der Waals surface area (Å²) in [6.45, 7) is 13.6. The van der Waals surface area contributed by atoms with Crippen LogP contribution in [0.3, 0.4) is 0 Å². The van der Waals surface area contributed by atoms with Crippen LogP contribution >= 0.6 is 0 Å². The third kappa shape index (κ3) is 4.43. The number of carbonyl (C=O) groups is 2. The number of nitrogens with zero attached hydrogens (tertiary/aromatic N) is 1. The normalized spacial score (nSPS) is 44.5. The average Bonchev–Trinajstić information content (AvgIpc) is 2.93. The van der Waals surface area contributed by atoms with E-state index in [1.54, 1.807) is 7.11 Å². The maximum absolute atomic E-state index is 14.0. The van der Waals surface area contributed by atoms with Gasteiger partial charge in [-0.1, -0.05) is 46.3 Å². The van der Waals surface area contributed by atoms with E-state index >= 15 is 0 Å². The summed E-state index contributed by atoms with van der Waals surface area (Å²) in [4.78, 5) is 28.9. The zero-order valence-electron chi connectivity index (χ0n) is 24.8. The van der Waals surface area contributed by atoms with Crippen molar-refractivity contribution in [3.63, 3.8) is 0 Å². The summed E-state index contributed by atoms with van der Waals surface area (Å²) in [5, 5.41) is 14.8. The zero-order chi connectivity index (χ0) is 27.5. The van der Waals surface area contributed by atoms with Crippen LogP contribution in [0.15, 0.2) is 11.6 Å². The molecular formula is C31H52N2O4. The molecular weight excluding hydrogens is 464 g/mol. The van der Waals surface area contributed by atoms with Crippen LogP contribution in [0.1, 0.15) is 80.1 Å². The number of allylic oxidation sites excluding steroid dienone is 1. The smallest absolute Gasteiger partial charge is 0.222 e. The number of carbonyl (C=O) groups excluding carboxylic acids is 2. The Bertz CT molecular complexity index is 930. The lowest BCUT2D eigenvalue weighted by Crippen LogP contribution is -2.55. The highest BCUT2D eigenvalue weighted by atomic mass is 16.5. The topological polar surface area (TPSA) is 78.9 Å². The van der Waals surface area contributed by atoms with E-state index in [4.69, 9.17) is 4.74 Å². The van der Waals surface area contributed by atoms with E-state index < -0.39 is 6.10 Å². The molecule has 0 aromatic rings. The third-order valence-electron chi connectivity index (χ3n) is 11.9. The predicted octanol–water partition coefficient (Wildman–Crippen LogP) is 4.46. The average molecular weight is 517 g/mol. The molecule has 0 heterocycles. The van der Waals surface area contributed by atoms with Crippen LogP contribution in [0, 0.1) is 45.8 Å². The SMILES string of the molecule is COC[C@@]1(C)C2CCC3[C@@H](CC2=CC[C@@H]1NC(=O)C(C)C)C(=O)C[C@]1(C)[C@@H](C(C)N(C)C)[C@H](O)C[C@@]31C. The number of ketones is 1. The lowest BCUT2D eigenvalue weighted by molar-refractivity contribution is -0.147. The Morgan fingerprint density at radius 1 is 1.19 bits per heavy atom. The van der Waals surface area contributed by atoms with Crippen molar-refractivity contribution in [2.24, 2.45) is 45.8 Å². The minimum absolute atomic E-state index is 0.0172. The fraction of sp³-hybridized carbons (Fsp3) is 0.871. The number of amides is 1. The summed E-state index contributed by atoms with van der Waals surface area (Å²) < 4.78 is 5.79. The zero-order valence-corrected chi connectivity index (χ0v) is 24.8. The lowest BCUT2D eigenvalue weighted by Gasteiger charge is -2.56. The molecule has 3 fully saturated rings. The van der Waals surface area contributed by atoms with Crippen molar-refractivity contribution in [2.75, 3.05) is 27.8 Å². The van der Waals surface area contributed by atoms with E-state index in [1.807, 2.05) is 13.8 Å². The standard InChI is InChI=1S/C31H52N2O4/c1-18(2)28(36)32-26-13-10-20-14-21-23(12-11-22(20)29(26,4)17-37-9)30(5)16-25(35)27(19(3)33(7)8)31(30,6)15-24(21)34/h10,18-19,21-23,25-27,35H,11-17H2,1-9H3,(H,32,36)/t19?,21-,22?,23?,25-,26+,27+,29+,30+,31-/m1/s1. The molecule has 6 nitrogen and oxygen atoms in total. The predicted molar refractivity (Wildman–Crippen MR) is 147 cm³/mol. The molecule has 0 aliphatic heterocycles. The van der Waals surface area contributed by atoms with Crippen LogP contribution in [0.5, 0.6) is 0 Å². The maximum atomic E-state index is 14.0. The first-order chi connectivity index (χ1) is 17.2. The van der Waals surface area contributed by atoms with Gasteiger partial charge in [0.2, 0.25) is 5.91 Å². The van der Waals surface area contributed by atoms with E-state index in [0.29, 0.717) is 18.8 Å². The molecule has 210 valence electrons. The molecule has 0 spiro atoms. The molecule has 6 heteroatoms. The third-order valence-corrected chi connectivity index (χ3v) is 11.9. The highest BCUT2D eigenvalue weighted by Crippen LogP contribution is 2.69. The number of Topliss-reactive ketones (excluding diaryl/α,β-unsaturated/α-hetero) is 1. The van der Waals surface area contributed by atoms with Gasteiger partial charge in [0, 0.05) is 48.8 Å². The van der Waals surface area contributed by atoms with Crippen molar-refractivity contribution in [3.05, 3.63) is 11.6 Å². The van der Waals surface area contributed by atoms with Gasteiger partial charge in [0.15, 0.2) is 0 Å². The van der Waals surface area contributed by atoms with Crippen molar-refractivity contribution in [1.82, 2.24) is 10.2 Å². The second-order valence-corrected chi connectivity index (χ2v) is 14.2. The van der Waals surface area contributed by atoms with Gasteiger partial charge < -0.3 is 20.1 Å². The molecule has 0 bridgehead atoms. The first-order valence-corrected chi connectivity index (χ1v) is 14.6. The van der Waals surface area contributed by atoms with Crippen molar-refractivity contribution >= 4 is 11.7 Å². The Morgan fingerprint density at radius 3 is 2.46 bits per heavy atom. The quantitative estimate of drug-likeness (QED) is 0.510. The summed E-state index contributed by atoms with van der Waals surface area (Å²) >= 11 is 0. The number of aliphatic hydroxyl groups is 1. The largest absolute Gasteiger partial charge is 0.393 e. The van der Waals surface area contributed by atoms with E-state index in [2.05, 4.69) is 58.1 Å². The summed E-state index contributed by atoms with van der Waals surface area (Å²) in [5.74, 6) is 1.05. The minimum Gasteiger partial charge on any atom is -0.393 e. The molecule has 3 saturated carbocycles. The van der Waals surface area contributed by atoms with Gasteiger partial charge in [0.05, 0.1) is 12.7 Å². The second-order valence-electron chi connectivity index (χ2n) is 14.2. The molecule has 2 N–H and O–H groups in total. The van der Waals surface area contributed by atoms with Crippen molar-refractivity contribution in [3.8, 4) is 0 Å². The Kier molecular flexibility index (Phi) is 7.82. The van der Waals surface area contributed by atoms with Gasteiger partial charge >= 0.3 is 0 Å². The Labute approximate surface area is 225 Å². The van der Waals surface area contributed by atoms with Crippen molar-refractivity contribution in [2.45, 2.75) is 98.3 Å². The van der Waals surface area contributed by atoms with Gasteiger partial charge in [-0.25, -0.2) is 0 Å². The van der Waals surface area contributed by atoms with Gasteiger partial charge in [0.25, 0.3) is 0 Å². The monoisotopic (exact) mass is 516 g/mol. The molecule has 0 saturated heterocycles. The number of methoxy groups -OCH3 is 1. The number of nitrogens with one attached hydrogen (secondary N) is 1. The number of hydrogen-bond donors (Lipinski definition) is 2. The van der Waals surface area contributed by atoms with E-state index in [0.717, 1.165) is 32.1 Å². The van der Waals surface area contributed by atoms with Gasteiger partial charge in [-0.15, -0.1) is 0 Å². The van der Waals surface area contributed by atoms with Crippen molar-refractivity contribution in [1.29, 1.82) is 0 Å². The molecule has 3 unspecified atom stereocenters. The molecule has 4 aliphatic rings. The Morgan fingerprint density at radius 2 is 1.86 bits per heavy atom. The van der Waals surface area contributed by atoms with Crippen LogP contribution in [-0.4, -0.2) is 67.7 Å². The summed E-state index contributed by atoms with van der Waals surface area (Å²) in [6, 6.07) is 0.226. The van der Waals surface area contributed by atoms with Crippen LogP contribution in [-0.2, 0) is 14.3 Å². The van der Waals surface area contributed by atoms with Crippen LogP contribution in [0.2, 0.25) is 0 Å². The summed E-state index contributed by atoms with van der Waals surface area (Å²) in [7, 11) is 5.92. The Hall–Kier alpha value is -1.24. The van der Waals surface area contributed by atoms with E-state index in [-0.39, 0.29) is 63.8 Å². The van der Waals surface area contributed by atoms with Crippen LogP contribution < -0.4 is 5.32 Å². The lowest BCUT2D eigenvalue weighted by atomic mass is 9.48. The van der Waals surface area contributed by atoms with Gasteiger partial charge in [0.1, 0.15) is 5.78 Å². The maximum Gasteiger partial charge on any atom is 0.222 e. The molecule has 4 rings (SSSR count). The molecule has 37 heavy (non-hydrogen) atoms. The summed E-state index contributed by atoms with van der Waals surface area (Å²) in [5.41, 5.74) is 0.861. The van der Waals surface area contributed by atoms with Gasteiger partial charge in [-0.3, -0.25) is 9.59 Å². The molecule has 0 aromatic carbocycles. The van der Waals surface area contributed by atoms with Gasteiger partial charge in [-0.2, -0.15) is 0 Å². The molecule has 0 radical (unpaired) electrons. The molecule has 0 aromatic heterocycles. The highest BCUT2D eigenvalue weighted by Gasteiger charge is 2.67. The number of fused-ring (bicyclic) bond motifs is 4. The first kappa shape index (κ1) is 28.8. The highest BCUT2D eigenvalue weighted by molar-refractivity contribution is 5.84. The van der Waals surface area contributed by atoms with Gasteiger partial charge in [-0.05, 0) is 75.8 Å². The number of rotatable bonds is 6. The van der Waals surface area contributed by atoms with E-state index in [1.165, 1.54) is 5.57 Å². The molecule has 10 atom stereocenters. The minimum atomic E-state index is -0.391. The fourth-order valence-electron chi connectivity index (χ4n) is 9.37. The van der Waals surface area contributed by atoms with E-state index in [9.17, 15) is 14.7 Å². The second kappa shape index (κ2) is 10.1. The van der Waals surface area contributed by atoms with Crippen molar-refractivity contribution < 1.29 is 19.4 Å². The van der Waals surface area contributed by atoms with Crippen LogP contribution in [0.4, 0.5) is 0 Å². The Balaban J connectivity index is 1.69. The first-order valence-electron chi connectivity index (χ1n) is 14.6. The molecule has 4 aliphatic carbocycles. The number of ether oxygens (including phenoxy) is 1. The molecule has 1 amide bonds. The summed E-state index contributed by atoms with van der Waals surface area (Å²) in [6.07, 6.45) is 6.84. The fourth-order valence-corrected chi connectivity index (χ4v) is 9.37. The van der Waals surface area contributed by atoms with Crippen LogP contribution in [0.25, 0.3) is 0 Å².